The first-order chi connectivity index (χ1) is 9.31. The highest BCUT2D eigenvalue weighted by atomic mass is 16.5. The molecule has 4 nitrogen and oxygen atoms in total. The number of unbranched alkanes of at least 4 members (excludes halogenated alkanes) is 1. The van der Waals surface area contributed by atoms with Crippen LogP contribution in [-0.2, 0) is 11.3 Å². The predicted octanol–water partition coefficient (Wildman–Crippen LogP) is 2.61. The maximum absolute atomic E-state index is 5.75. The van der Waals surface area contributed by atoms with E-state index >= 15 is 0 Å². The van der Waals surface area contributed by atoms with Crippen molar-refractivity contribution in [2.45, 2.75) is 26.3 Å². The van der Waals surface area contributed by atoms with Gasteiger partial charge in [-0.1, -0.05) is 13.3 Å². The lowest BCUT2D eigenvalue weighted by Gasteiger charge is -2.13. The Hall–Kier alpha value is -1.26. The number of ether oxygens (including phenoxy) is 3. The summed E-state index contributed by atoms with van der Waals surface area (Å²) in [5.41, 5.74) is 1.09. The van der Waals surface area contributed by atoms with E-state index in [1.807, 2.05) is 25.2 Å². The predicted molar refractivity (Wildman–Crippen MR) is 77.0 cm³/mol. The lowest BCUT2D eigenvalue weighted by molar-refractivity contribution is 0.0977. The molecule has 0 aliphatic carbocycles. The van der Waals surface area contributed by atoms with E-state index in [0.717, 1.165) is 43.1 Å². The Morgan fingerprint density at radius 2 is 2.00 bits per heavy atom. The van der Waals surface area contributed by atoms with Gasteiger partial charge in [0.2, 0.25) is 0 Å². The van der Waals surface area contributed by atoms with Crippen molar-refractivity contribution in [3.63, 3.8) is 0 Å². The highest BCUT2D eigenvalue weighted by Gasteiger charge is 2.05. The molecule has 0 saturated carbocycles. The van der Waals surface area contributed by atoms with Crippen molar-refractivity contribution in [2.24, 2.45) is 0 Å². The molecule has 1 rings (SSSR count). The fourth-order valence-electron chi connectivity index (χ4n) is 1.71. The van der Waals surface area contributed by atoms with E-state index in [2.05, 4.69) is 12.2 Å². The van der Waals surface area contributed by atoms with Crippen molar-refractivity contribution < 1.29 is 14.2 Å². The SMILES string of the molecule is CCCCOCCOc1ccc(OC)cc1CNC. The summed E-state index contributed by atoms with van der Waals surface area (Å²) >= 11 is 0. The number of nitrogens with one attached hydrogen (secondary N) is 1. The minimum atomic E-state index is 0.576. The largest absolute Gasteiger partial charge is 0.497 e. The molecule has 0 bridgehead atoms. The first kappa shape index (κ1) is 15.8. The van der Waals surface area contributed by atoms with Gasteiger partial charge in [-0.3, -0.25) is 0 Å². The Balaban J connectivity index is 2.43. The lowest BCUT2D eigenvalue weighted by Crippen LogP contribution is -2.11. The number of benzene rings is 1. The highest BCUT2D eigenvalue weighted by molar-refractivity contribution is 5.40. The summed E-state index contributed by atoms with van der Waals surface area (Å²) in [5.74, 6) is 1.73. The molecule has 0 aliphatic heterocycles. The Morgan fingerprint density at radius 3 is 2.68 bits per heavy atom. The second kappa shape index (κ2) is 9.64. The fraction of sp³-hybridized carbons (Fsp3) is 0.600. The molecule has 0 fully saturated rings. The molecule has 0 radical (unpaired) electrons. The average molecular weight is 267 g/mol. The van der Waals surface area contributed by atoms with Crippen LogP contribution in [0, 0.1) is 0 Å². The molecule has 0 saturated heterocycles. The molecule has 0 aliphatic rings. The van der Waals surface area contributed by atoms with Crippen LogP contribution in [0.3, 0.4) is 0 Å². The lowest BCUT2D eigenvalue weighted by atomic mass is 10.2. The first-order valence-electron chi connectivity index (χ1n) is 6.83. The molecule has 0 heterocycles. The monoisotopic (exact) mass is 267 g/mol. The van der Waals surface area contributed by atoms with E-state index in [1.54, 1.807) is 7.11 Å². The van der Waals surface area contributed by atoms with Crippen molar-refractivity contribution in [3.8, 4) is 11.5 Å². The van der Waals surface area contributed by atoms with Crippen molar-refractivity contribution >= 4 is 0 Å². The molecular formula is C15H25NO3. The van der Waals surface area contributed by atoms with Gasteiger partial charge in [0.05, 0.1) is 13.7 Å². The summed E-state index contributed by atoms with van der Waals surface area (Å²) < 4.78 is 16.4. The number of hydrogen-bond acceptors (Lipinski definition) is 4. The Labute approximate surface area is 116 Å². The van der Waals surface area contributed by atoms with Gasteiger partial charge >= 0.3 is 0 Å². The van der Waals surface area contributed by atoms with E-state index in [4.69, 9.17) is 14.2 Å². The van der Waals surface area contributed by atoms with Crippen LogP contribution in [0.1, 0.15) is 25.3 Å². The molecule has 1 N–H and O–H groups in total. The average Bonchev–Trinajstić information content (AvgIpc) is 2.44. The zero-order chi connectivity index (χ0) is 13.9. The minimum absolute atomic E-state index is 0.576. The van der Waals surface area contributed by atoms with Gasteiger partial charge in [-0.15, -0.1) is 0 Å². The molecule has 19 heavy (non-hydrogen) atoms. The fourth-order valence-corrected chi connectivity index (χ4v) is 1.71. The zero-order valence-electron chi connectivity index (χ0n) is 12.2. The molecule has 0 amide bonds. The number of rotatable bonds is 10. The van der Waals surface area contributed by atoms with Gasteiger partial charge in [-0.2, -0.15) is 0 Å². The number of hydrogen-bond donors (Lipinski definition) is 1. The second-order valence-corrected chi connectivity index (χ2v) is 4.32. The Bertz CT molecular complexity index is 355. The van der Waals surface area contributed by atoms with Crippen molar-refractivity contribution in [2.75, 3.05) is 34.0 Å². The molecule has 1 aromatic carbocycles. The van der Waals surface area contributed by atoms with Crippen LogP contribution in [0.4, 0.5) is 0 Å². The minimum Gasteiger partial charge on any atom is -0.497 e. The van der Waals surface area contributed by atoms with Crippen LogP contribution >= 0.6 is 0 Å². The Morgan fingerprint density at radius 1 is 1.16 bits per heavy atom. The van der Waals surface area contributed by atoms with Crippen molar-refractivity contribution in [1.29, 1.82) is 0 Å². The van der Waals surface area contributed by atoms with Crippen molar-refractivity contribution in [3.05, 3.63) is 23.8 Å². The van der Waals surface area contributed by atoms with Crippen LogP contribution in [0.2, 0.25) is 0 Å². The summed E-state index contributed by atoms with van der Waals surface area (Å²) in [6.45, 7) is 4.92. The molecule has 1 aromatic rings. The zero-order valence-corrected chi connectivity index (χ0v) is 12.2. The summed E-state index contributed by atoms with van der Waals surface area (Å²) in [4.78, 5) is 0. The molecule has 4 heteroatoms. The third-order valence-electron chi connectivity index (χ3n) is 2.76. The third-order valence-corrected chi connectivity index (χ3v) is 2.76. The van der Waals surface area contributed by atoms with Gasteiger partial charge in [0, 0.05) is 18.7 Å². The van der Waals surface area contributed by atoms with Gasteiger partial charge in [-0.05, 0) is 31.7 Å². The maximum atomic E-state index is 5.75. The smallest absolute Gasteiger partial charge is 0.124 e. The van der Waals surface area contributed by atoms with Crippen LogP contribution in [0.15, 0.2) is 18.2 Å². The van der Waals surface area contributed by atoms with Crippen LogP contribution in [-0.4, -0.2) is 34.0 Å². The molecule has 108 valence electrons. The van der Waals surface area contributed by atoms with Gasteiger partial charge in [-0.25, -0.2) is 0 Å². The van der Waals surface area contributed by atoms with E-state index in [-0.39, 0.29) is 0 Å². The van der Waals surface area contributed by atoms with Gasteiger partial charge in [0.15, 0.2) is 0 Å². The van der Waals surface area contributed by atoms with E-state index in [0.29, 0.717) is 13.2 Å². The third kappa shape index (κ3) is 5.94. The molecule has 0 atom stereocenters. The summed E-state index contributed by atoms with van der Waals surface area (Å²) in [5, 5.41) is 3.13. The molecule has 0 spiro atoms. The van der Waals surface area contributed by atoms with E-state index in [9.17, 15) is 0 Å². The van der Waals surface area contributed by atoms with Crippen molar-refractivity contribution in [1.82, 2.24) is 5.32 Å². The van der Waals surface area contributed by atoms with Crippen LogP contribution < -0.4 is 14.8 Å². The van der Waals surface area contributed by atoms with Crippen LogP contribution in [0.5, 0.6) is 11.5 Å². The Kier molecular flexibility index (Phi) is 8.02. The second-order valence-electron chi connectivity index (χ2n) is 4.32. The van der Waals surface area contributed by atoms with Crippen LogP contribution in [0.25, 0.3) is 0 Å². The standard InChI is InChI=1S/C15H25NO3/c1-4-5-8-18-9-10-19-15-7-6-14(17-3)11-13(15)12-16-2/h6-7,11,16H,4-5,8-10,12H2,1-3H3. The molecule has 0 unspecified atom stereocenters. The molecule has 0 aromatic heterocycles. The van der Waals surface area contributed by atoms with Gasteiger partial charge in [0.1, 0.15) is 18.1 Å². The highest BCUT2D eigenvalue weighted by Crippen LogP contribution is 2.24. The molecular weight excluding hydrogens is 242 g/mol. The normalized spacial score (nSPS) is 10.5. The topological polar surface area (TPSA) is 39.7 Å². The van der Waals surface area contributed by atoms with Gasteiger partial charge in [0.25, 0.3) is 0 Å². The maximum Gasteiger partial charge on any atom is 0.124 e. The quantitative estimate of drug-likeness (QED) is 0.661. The van der Waals surface area contributed by atoms with Gasteiger partial charge < -0.3 is 19.5 Å². The summed E-state index contributed by atoms with van der Waals surface area (Å²) in [6, 6.07) is 5.84. The summed E-state index contributed by atoms with van der Waals surface area (Å²) in [7, 11) is 3.58. The summed E-state index contributed by atoms with van der Waals surface area (Å²) in [6.07, 6.45) is 2.26. The van der Waals surface area contributed by atoms with E-state index in [1.165, 1.54) is 0 Å². The number of methoxy groups -OCH3 is 1. The first-order valence-corrected chi connectivity index (χ1v) is 6.83. The van der Waals surface area contributed by atoms with E-state index < -0.39 is 0 Å².